The molecule has 0 bridgehead atoms. The Hall–Kier alpha value is -1.14. The topological polar surface area (TPSA) is 63.8 Å². The molecule has 19 heavy (non-hydrogen) atoms. The van der Waals surface area contributed by atoms with Crippen molar-refractivity contribution in [2.24, 2.45) is 0 Å². The molecule has 1 saturated carbocycles. The second-order valence-electron chi connectivity index (χ2n) is 5.18. The van der Waals surface area contributed by atoms with Gasteiger partial charge in [0.25, 0.3) is 0 Å². The van der Waals surface area contributed by atoms with Gasteiger partial charge in [-0.25, -0.2) is 4.98 Å². The van der Waals surface area contributed by atoms with E-state index in [1.54, 1.807) is 11.3 Å². The second kappa shape index (κ2) is 4.76. The van der Waals surface area contributed by atoms with Crippen LogP contribution < -0.4 is 11.1 Å². The van der Waals surface area contributed by atoms with Crippen LogP contribution in [0.4, 0.5) is 10.8 Å². The van der Waals surface area contributed by atoms with Gasteiger partial charge in [0.2, 0.25) is 0 Å². The van der Waals surface area contributed by atoms with Gasteiger partial charge in [-0.1, -0.05) is 6.92 Å². The van der Waals surface area contributed by atoms with Gasteiger partial charge in [0.1, 0.15) is 15.8 Å². The Morgan fingerprint density at radius 2 is 2.26 bits per heavy atom. The van der Waals surface area contributed by atoms with E-state index in [1.807, 2.05) is 6.92 Å². The molecule has 0 saturated heterocycles. The highest BCUT2D eigenvalue weighted by molar-refractivity contribution is 7.15. The van der Waals surface area contributed by atoms with Crippen molar-refractivity contribution in [3.63, 3.8) is 0 Å². The maximum absolute atomic E-state index is 6.03. The third kappa shape index (κ3) is 2.23. The van der Waals surface area contributed by atoms with Crippen LogP contribution in [0.25, 0.3) is 10.6 Å². The number of nitrogens with two attached hydrogens (primary N) is 1. The van der Waals surface area contributed by atoms with Gasteiger partial charge in [-0.2, -0.15) is 4.37 Å². The summed E-state index contributed by atoms with van der Waals surface area (Å²) in [6.07, 6.45) is 4.91. The van der Waals surface area contributed by atoms with Gasteiger partial charge in [0, 0.05) is 16.6 Å². The summed E-state index contributed by atoms with van der Waals surface area (Å²) in [4.78, 5) is 4.54. The van der Waals surface area contributed by atoms with Crippen molar-refractivity contribution >= 4 is 33.7 Å². The zero-order chi connectivity index (χ0) is 13.5. The number of aryl methyl sites for hydroxylation is 1. The molecular weight excluding hydrogens is 276 g/mol. The molecule has 0 spiro atoms. The number of thiazole rings is 1. The van der Waals surface area contributed by atoms with Crippen molar-refractivity contribution in [2.45, 2.75) is 45.1 Å². The lowest BCUT2D eigenvalue weighted by Gasteiger charge is -2.42. The fourth-order valence-corrected chi connectivity index (χ4v) is 4.23. The van der Waals surface area contributed by atoms with Gasteiger partial charge in [-0.15, -0.1) is 11.3 Å². The summed E-state index contributed by atoms with van der Waals surface area (Å²) in [6, 6.07) is 0. The van der Waals surface area contributed by atoms with E-state index in [9.17, 15) is 0 Å². The SMILES string of the molecule is CCC1(Nc2snc(N)c2-c2nc(C)cs2)CCC1. The van der Waals surface area contributed by atoms with Gasteiger partial charge in [-0.05, 0) is 44.1 Å². The average Bonchev–Trinajstić information content (AvgIpc) is 2.90. The zero-order valence-electron chi connectivity index (χ0n) is 11.2. The molecule has 0 aliphatic heterocycles. The van der Waals surface area contributed by atoms with E-state index in [2.05, 4.69) is 27.0 Å². The summed E-state index contributed by atoms with van der Waals surface area (Å²) in [7, 11) is 0. The highest BCUT2D eigenvalue weighted by atomic mass is 32.1. The van der Waals surface area contributed by atoms with Crippen LogP contribution in [0.2, 0.25) is 0 Å². The molecule has 0 radical (unpaired) electrons. The van der Waals surface area contributed by atoms with Crippen LogP contribution in [0.15, 0.2) is 5.38 Å². The van der Waals surface area contributed by atoms with E-state index in [0.717, 1.165) is 27.7 Å². The lowest BCUT2D eigenvalue weighted by atomic mass is 9.75. The molecule has 1 fully saturated rings. The smallest absolute Gasteiger partial charge is 0.149 e. The van der Waals surface area contributed by atoms with E-state index < -0.39 is 0 Å². The minimum absolute atomic E-state index is 0.250. The van der Waals surface area contributed by atoms with E-state index in [1.165, 1.54) is 30.8 Å². The van der Waals surface area contributed by atoms with E-state index in [0.29, 0.717) is 5.82 Å². The van der Waals surface area contributed by atoms with Gasteiger partial charge >= 0.3 is 0 Å². The van der Waals surface area contributed by atoms with Crippen LogP contribution in [0.1, 0.15) is 38.3 Å². The van der Waals surface area contributed by atoms with Gasteiger partial charge in [-0.3, -0.25) is 0 Å². The highest BCUT2D eigenvalue weighted by Gasteiger charge is 2.36. The molecule has 6 heteroatoms. The van der Waals surface area contributed by atoms with Crippen LogP contribution >= 0.6 is 22.9 Å². The van der Waals surface area contributed by atoms with E-state index in [4.69, 9.17) is 5.73 Å². The Labute approximate surface area is 121 Å². The molecule has 3 rings (SSSR count). The zero-order valence-corrected chi connectivity index (χ0v) is 12.8. The molecule has 0 unspecified atom stereocenters. The van der Waals surface area contributed by atoms with E-state index in [-0.39, 0.29) is 5.54 Å². The van der Waals surface area contributed by atoms with Crippen LogP contribution in [0.5, 0.6) is 0 Å². The van der Waals surface area contributed by atoms with Crippen LogP contribution in [-0.2, 0) is 0 Å². The largest absolute Gasteiger partial charge is 0.382 e. The number of aromatic nitrogens is 2. The summed E-state index contributed by atoms with van der Waals surface area (Å²) in [6.45, 7) is 4.24. The minimum atomic E-state index is 0.250. The molecule has 2 aromatic heterocycles. The minimum Gasteiger partial charge on any atom is -0.382 e. The molecular formula is C13H18N4S2. The Morgan fingerprint density at radius 1 is 1.47 bits per heavy atom. The molecule has 1 aliphatic rings. The summed E-state index contributed by atoms with van der Waals surface area (Å²) in [5, 5.41) is 7.78. The molecule has 4 nitrogen and oxygen atoms in total. The second-order valence-corrected chi connectivity index (χ2v) is 6.81. The van der Waals surface area contributed by atoms with Crippen LogP contribution in [0.3, 0.4) is 0 Å². The highest BCUT2D eigenvalue weighted by Crippen LogP contribution is 2.44. The number of rotatable bonds is 4. The molecule has 0 amide bonds. The normalized spacial score (nSPS) is 17.2. The summed E-state index contributed by atoms with van der Waals surface area (Å²) in [5.41, 5.74) is 8.30. The standard InChI is InChI=1S/C13H18N4S2/c1-3-13(5-4-6-13)16-12-9(10(14)17-19-12)11-15-8(2)7-18-11/h7,16H,3-6H2,1-2H3,(H2,14,17). The molecule has 2 aromatic rings. The fourth-order valence-electron chi connectivity index (χ4n) is 2.47. The third-order valence-electron chi connectivity index (χ3n) is 3.92. The molecule has 1 aliphatic carbocycles. The molecule has 2 heterocycles. The maximum Gasteiger partial charge on any atom is 0.149 e. The summed E-state index contributed by atoms with van der Waals surface area (Å²) < 4.78 is 4.30. The Morgan fingerprint density at radius 3 is 2.79 bits per heavy atom. The number of anilines is 2. The predicted molar refractivity (Wildman–Crippen MR) is 82.9 cm³/mol. The predicted octanol–water partition coefficient (Wildman–Crippen LogP) is 3.90. The monoisotopic (exact) mass is 294 g/mol. The van der Waals surface area contributed by atoms with Gasteiger partial charge in [0.05, 0.1) is 5.56 Å². The lowest BCUT2D eigenvalue weighted by Crippen LogP contribution is -2.44. The number of nitrogen functional groups attached to an aromatic ring is 1. The Bertz CT molecular complexity index is 578. The van der Waals surface area contributed by atoms with Crippen molar-refractivity contribution in [3.8, 4) is 10.6 Å². The van der Waals surface area contributed by atoms with E-state index >= 15 is 0 Å². The van der Waals surface area contributed by atoms with Crippen molar-refractivity contribution < 1.29 is 0 Å². The molecule has 0 atom stereocenters. The van der Waals surface area contributed by atoms with Crippen molar-refractivity contribution in [1.29, 1.82) is 0 Å². The Kier molecular flexibility index (Phi) is 3.22. The fraction of sp³-hybridized carbons (Fsp3) is 0.538. The maximum atomic E-state index is 6.03. The first-order chi connectivity index (χ1) is 9.13. The van der Waals surface area contributed by atoms with Crippen LogP contribution in [0, 0.1) is 6.92 Å². The Balaban J connectivity index is 1.94. The van der Waals surface area contributed by atoms with Crippen molar-refractivity contribution in [3.05, 3.63) is 11.1 Å². The molecule has 0 aromatic carbocycles. The van der Waals surface area contributed by atoms with Crippen molar-refractivity contribution in [1.82, 2.24) is 9.36 Å². The molecule has 102 valence electrons. The number of nitrogens with zero attached hydrogens (tertiary/aromatic N) is 2. The van der Waals surface area contributed by atoms with Gasteiger partial charge in [0.15, 0.2) is 0 Å². The quantitative estimate of drug-likeness (QED) is 0.897. The molecule has 3 N–H and O–H groups in total. The first kappa shape index (κ1) is 12.9. The number of hydrogen-bond donors (Lipinski definition) is 2. The summed E-state index contributed by atoms with van der Waals surface area (Å²) >= 11 is 3.08. The van der Waals surface area contributed by atoms with Crippen molar-refractivity contribution in [2.75, 3.05) is 11.1 Å². The third-order valence-corrected chi connectivity index (χ3v) is 5.67. The summed E-state index contributed by atoms with van der Waals surface area (Å²) in [5.74, 6) is 0.590. The number of hydrogen-bond acceptors (Lipinski definition) is 6. The first-order valence-corrected chi connectivity index (χ1v) is 8.25. The average molecular weight is 294 g/mol. The van der Waals surface area contributed by atoms with Crippen LogP contribution in [-0.4, -0.2) is 14.9 Å². The first-order valence-electron chi connectivity index (χ1n) is 6.59. The lowest BCUT2D eigenvalue weighted by molar-refractivity contribution is 0.270. The van der Waals surface area contributed by atoms with Gasteiger partial charge < -0.3 is 11.1 Å². The number of nitrogens with one attached hydrogen (secondary N) is 1.